The zero-order valence-corrected chi connectivity index (χ0v) is 36.7. The number of benzene rings is 8. The van der Waals surface area contributed by atoms with Gasteiger partial charge in [-0.25, -0.2) is 0 Å². The molecule has 0 saturated heterocycles. The van der Waals surface area contributed by atoms with E-state index in [0.29, 0.717) is 86.9 Å². The first-order chi connectivity index (χ1) is 32.8. The summed E-state index contributed by atoms with van der Waals surface area (Å²) >= 11 is 0. The monoisotopic (exact) mass is 880 g/mol. The van der Waals surface area contributed by atoms with Crippen molar-refractivity contribution >= 4 is 68.6 Å². The minimum atomic E-state index is -0.225. The first-order valence-corrected chi connectivity index (χ1v) is 22.2. The van der Waals surface area contributed by atoms with Crippen LogP contribution in [0.4, 0.5) is 45.5 Å². The molecule has 0 heterocycles. The highest BCUT2D eigenvalue weighted by atomic mass is 16.5. The first kappa shape index (κ1) is 42.2. The number of hydrogen-bond donors (Lipinski definition) is 4. The molecule has 0 saturated carbocycles. The van der Waals surface area contributed by atoms with E-state index in [2.05, 4.69) is 21.3 Å². The molecule has 10 heteroatoms. The molecular formula is C57H44N4O6. The van der Waals surface area contributed by atoms with Gasteiger partial charge in [0.05, 0.1) is 58.2 Å². The number of carbonyl (C=O) groups is 4. The molecular weight excluding hydrogens is 837 g/mol. The van der Waals surface area contributed by atoms with Gasteiger partial charge in [0.1, 0.15) is 11.5 Å². The minimum Gasteiger partial charge on any atom is -0.494 e. The fourth-order valence-corrected chi connectivity index (χ4v) is 8.73. The average Bonchev–Trinajstić information content (AvgIpc) is 3.35. The maximum atomic E-state index is 14.1. The molecule has 67 heavy (non-hydrogen) atoms. The molecule has 0 fully saturated rings. The summed E-state index contributed by atoms with van der Waals surface area (Å²) in [6, 6.07) is 52.1. The van der Waals surface area contributed by atoms with Crippen molar-refractivity contribution in [3.63, 3.8) is 0 Å². The van der Waals surface area contributed by atoms with Crippen molar-refractivity contribution in [3.05, 3.63) is 225 Å². The highest BCUT2D eigenvalue weighted by Gasteiger charge is 2.35. The molecule has 0 unspecified atom stereocenters. The molecule has 8 aromatic rings. The van der Waals surface area contributed by atoms with Gasteiger partial charge in [0.15, 0.2) is 23.1 Å². The number of hydrogen-bond acceptors (Lipinski definition) is 10. The Labute approximate surface area is 387 Å². The Balaban J connectivity index is 0.865. The highest BCUT2D eigenvalue weighted by Crippen LogP contribution is 2.41. The highest BCUT2D eigenvalue weighted by molar-refractivity contribution is 6.33. The summed E-state index contributed by atoms with van der Waals surface area (Å²) in [5.41, 5.74) is 10.1. The quantitative estimate of drug-likeness (QED) is 0.0836. The van der Waals surface area contributed by atoms with E-state index < -0.39 is 0 Å². The molecule has 0 amide bonds. The Morgan fingerprint density at radius 1 is 0.328 bits per heavy atom. The van der Waals surface area contributed by atoms with Crippen molar-refractivity contribution in [1.82, 2.24) is 0 Å². The largest absolute Gasteiger partial charge is 0.494 e. The number of anilines is 8. The van der Waals surface area contributed by atoms with Gasteiger partial charge >= 0.3 is 0 Å². The van der Waals surface area contributed by atoms with Crippen LogP contribution in [-0.4, -0.2) is 36.3 Å². The van der Waals surface area contributed by atoms with E-state index >= 15 is 0 Å². The maximum absolute atomic E-state index is 14.1. The number of fused-ring (bicyclic) bond motifs is 4. The Hall–Kier alpha value is -8.76. The molecule has 4 N–H and O–H groups in total. The first-order valence-electron chi connectivity index (χ1n) is 22.2. The zero-order chi connectivity index (χ0) is 46.0. The Morgan fingerprint density at radius 2 is 0.582 bits per heavy atom. The lowest BCUT2D eigenvalue weighted by Gasteiger charge is -2.24. The van der Waals surface area contributed by atoms with Gasteiger partial charge in [-0.3, -0.25) is 19.2 Å². The van der Waals surface area contributed by atoms with E-state index in [1.54, 1.807) is 48.5 Å². The van der Waals surface area contributed by atoms with Crippen LogP contribution < -0.4 is 30.7 Å². The van der Waals surface area contributed by atoms with Crippen LogP contribution >= 0.6 is 0 Å². The summed E-state index contributed by atoms with van der Waals surface area (Å²) in [6.45, 7) is 4.96. The van der Waals surface area contributed by atoms with E-state index in [0.717, 1.165) is 45.4 Å². The van der Waals surface area contributed by atoms with Gasteiger partial charge in [-0.1, -0.05) is 72.8 Å². The van der Waals surface area contributed by atoms with Crippen LogP contribution in [0.1, 0.15) is 88.7 Å². The smallest absolute Gasteiger partial charge is 0.196 e. The number of carbonyl (C=O) groups excluding carboxylic acids is 4. The fraction of sp³-hybridized carbons (Fsp3) is 0.0877. The Morgan fingerprint density at radius 3 is 0.836 bits per heavy atom. The molecule has 0 aliphatic heterocycles. The van der Waals surface area contributed by atoms with Crippen LogP contribution in [0.3, 0.4) is 0 Å². The van der Waals surface area contributed by atoms with Crippen LogP contribution in [0.5, 0.6) is 11.5 Å². The standard InChI is InChI=1S/C57H44N4O6/c1-3-66-40-25-21-38(22-26-40)60-48-31-29-46(50-52(48)56(64)44-11-7-5-9-42(44)54(50)62)58-36-17-13-34(14-18-36)33-35-15-19-37(20-16-35)59-47-30-32-49(61-39-23-27-41(28-24-39)67-4-2)53-51(47)55(63)43-10-6-8-12-45(43)57(53)65/h5-32,58-61H,3-4,33H2,1-2H3. The van der Waals surface area contributed by atoms with Gasteiger partial charge in [0.25, 0.3) is 0 Å². The maximum Gasteiger partial charge on any atom is 0.196 e. The summed E-state index contributed by atoms with van der Waals surface area (Å²) < 4.78 is 11.2. The van der Waals surface area contributed by atoms with Gasteiger partial charge in [-0.15, -0.1) is 0 Å². The zero-order valence-electron chi connectivity index (χ0n) is 36.7. The number of ether oxygens (including phenoxy) is 2. The number of nitrogens with one attached hydrogen (secondary N) is 4. The van der Waals surface area contributed by atoms with Crippen LogP contribution in [0.2, 0.25) is 0 Å². The van der Waals surface area contributed by atoms with E-state index in [1.807, 2.05) is 135 Å². The predicted octanol–water partition coefficient (Wildman–Crippen LogP) is 12.6. The Kier molecular flexibility index (Phi) is 11.4. The van der Waals surface area contributed by atoms with Crippen molar-refractivity contribution in [2.45, 2.75) is 20.3 Å². The van der Waals surface area contributed by atoms with E-state index in [4.69, 9.17) is 9.47 Å². The topological polar surface area (TPSA) is 135 Å². The second-order valence-corrected chi connectivity index (χ2v) is 16.2. The van der Waals surface area contributed by atoms with Crippen LogP contribution in [0, 0.1) is 0 Å². The van der Waals surface area contributed by atoms with Crippen molar-refractivity contribution < 1.29 is 28.7 Å². The second-order valence-electron chi connectivity index (χ2n) is 16.2. The van der Waals surface area contributed by atoms with Crippen LogP contribution in [0.25, 0.3) is 0 Å². The van der Waals surface area contributed by atoms with Crippen molar-refractivity contribution in [3.8, 4) is 11.5 Å². The molecule has 0 bridgehead atoms. The molecule has 328 valence electrons. The average molecular weight is 881 g/mol. The van der Waals surface area contributed by atoms with Crippen LogP contribution in [0.15, 0.2) is 170 Å². The van der Waals surface area contributed by atoms with Gasteiger partial charge in [0.2, 0.25) is 0 Å². The van der Waals surface area contributed by atoms with Gasteiger partial charge in [-0.2, -0.15) is 0 Å². The van der Waals surface area contributed by atoms with E-state index in [1.165, 1.54) is 0 Å². The van der Waals surface area contributed by atoms with E-state index in [9.17, 15) is 19.2 Å². The van der Waals surface area contributed by atoms with E-state index in [-0.39, 0.29) is 23.1 Å². The molecule has 10 rings (SSSR count). The molecule has 8 aromatic carbocycles. The fourth-order valence-electron chi connectivity index (χ4n) is 8.73. The molecule has 0 radical (unpaired) electrons. The third-order valence-corrected chi connectivity index (χ3v) is 11.9. The van der Waals surface area contributed by atoms with Gasteiger partial charge < -0.3 is 30.7 Å². The van der Waals surface area contributed by atoms with Crippen molar-refractivity contribution in [1.29, 1.82) is 0 Å². The summed E-state index contributed by atoms with van der Waals surface area (Å²) in [5.74, 6) is 0.585. The second kappa shape index (κ2) is 18.0. The molecule has 2 aliphatic rings. The van der Waals surface area contributed by atoms with Gasteiger partial charge in [0, 0.05) is 45.0 Å². The third-order valence-electron chi connectivity index (χ3n) is 11.9. The van der Waals surface area contributed by atoms with Gasteiger partial charge in [-0.05, 0) is 128 Å². The molecule has 10 nitrogen and oxygen atoms in total. The number of ketones is 4. The SMILES string of the molecule is CCOc1ccc(Nc2ccc(Nc3ccc(Cc4ccc(Nc5ccc(Nc6ccc(OCC)cc6)c6c5C(=O)c5ccccc5C6=O)cc4)cc3)c3c2C(=O)c2ccccc2C3=O)cc1. The molecule has 0 spiro atoms. The lowest BCUT2D eigenvalue weighted by Crippen LogP contribution is -2.23. The molecule has 0 aromatic heterocycles. The summed E-state index contributed by atoms with van der Waals surface area (Å²) in [7, 11) is 0. The summed E-state index contributed by atoms with van der Waals surface area (Å²) in [4.78, 5) is 56.4. The molecule has 2 aliphatic carbocycles. The van der Waals surface area contributed by atoms with Crippen LogP contribution in [-0.2, 0) is 6.42 Å². The lowest BCUT2D eigenvalue weighted by molar-refractivity contribution is 0.0980. The minimum absolute atomic E-state index is 0.223. The number of rotatable bonds is 14. The lowest BCUT2D eigenvalue weighted by atomic mass is 9.82. The molecule has 0 atom stereocenters. The van der Waals surface area contributed by atoms with Crippen molar-refractivity contribution in [2.75, 3.05) is 34.5 Å². The third kappa shape index (κ3) is 8.28. The summed E-state index contributed by atoms with van der Waals surface area (Å²) in [6.07, 6.45) is 0.650. The van der Waals surface area contributed by atoms with Crippen molar-refractivity contribution in [2.24, 2.45) is 0 Å². The Bertz CT molecular complexity index is 3020. The predicted molar refractivity (Wildman–Crippen MR) is 264 cm³/mol. The summed E-state index contributed by atoms with van der Waals surface area (Å²) in [5, 5.41) is 13.6. The normalized spacial score (nSPS) is 12.3.